The Morgan fingerprint density at radius 1 is 0.952 bits per heavy atom. The third kappa shape index (κ3) is 3.52. The maximum Gasteiger partial charge on any atom is 0.0600 e. The molecule has 3 rings (SSSR count). The molecule has 1 saturated heterocycles. The van der Waals surface area contributed by atoms with Crippen molar-refractivity contribution in [3.05, 3.63) is 54.4 Å². The highest BCUT2D eigenvalue weighted by atomic mass is 15.3. The molecule has 4 heteroatoms. The van der Waals surface area contributed by atoms with Crippen LogP contribution in [-0.2, 0) is 6.42 Å². The van der Waals surface area contributed by atoms with Crippen molar-refractivity contribution in [2.75, 3.05) is 43.4 Å². The molecule has 1 fully saturated rings. The van der Waals surface area contributed by atoms with E-state index in [-0.39, 0.29) is 0 Å². The zero-order valence-electron chi connectivity index (χ0n) is 12.3. The summed E-state index contributed by atoms with van der Waals surface area (Å²) in [6.45, 7) is 5.40. The molecule has 110 valence electrons. The molecule has 2 aromatic rings. The molecule has 4 nitrogen and oxygen atoms in total. The van der Waals surface area contributed by atoms with Crippen LogP contribution in [0, 0.1) is 0 Å². The Balaban J connectivity index is 1.50. The fourth-order valence-electron chi connectivity index (χ4n) is 2.82. The van der Waals surface area contributed by atoms with Gasteiger partial charge in [-0.15, -0.1) is 0 Å². The van der Waals surface area contributed by atoms with Gasteiger partial charge in [0.15, 0.2) is 0 Å². The Kier molecular flexibility index (Phi) is 4.36. The van der Waals surface area contributed by atoms with Crippen LogP contribution in [0.5, 0.6) is 0 Å². The van der Waals surface area contributed by atoms with Gasteiger partial charge >= 0.3 is 0 Å². The average molecular weight is 282 g/mol. The topological polar surface area (TPSA) is 45.4 Å². The van der Waals surface area contributed by atoms with Gasteiger partial charge in [0, 0.05) is 45.1 Å². The van der Waals surface area contributed by atoms with Gasteiger partial charge in [0.05, 0.1) is 11.4 Å². The first kappa shape index (κ1) is 13.9. The van der Waals surface area contributed by atoms with Crippen molar-refractivity contribution >= 4 is 11.4 Å². The second-order valence-electron chi connectivity index (χ2n) is 5.49. The minimum Gasteiger partial charge on any atom is -0.397 e. The standard InChI is InChI=1S/C17H22N4/c18-16-3-1-2-4-17(16)21-13-11-20(12-14-21)10-7-15-5-8-19-9-6-15/h1-6,8-9H,7,10-14,18H2. The summed E-state index contributed by atoms with van der Waals surface area (Å²) in [6, 6.07) is 12.3. The summed E-state index contributed by atoms with van der Waals surface area (Å²) < 4.78 is 0. The number of hydrogen-bond donors (Lipinski definition) is 1. The van der Waals surface area contributed by atoms with Gasteiger partial charge in [-0.25, -0.2) is 0 Å². The molecule has 0 atom stereocenters. The highest BCUT2D eigenvalue weighted by molar-refractivity contribution is 5.67. The SMILES string of the molecule is Nc1ccccc1N1CCN(CCc2ccncc2)CC1. The minimum atomic E-state index is 0.878. The lowest BCUT2D eigenvalue weighted by atomic mass is 10.1. The van der Waals surface area contributed by atoms with Crippen molar-refractivity contribution in [2.45, 2.75) is 6.42 Å². The van der Waals surface area contributed by atoms with E-state index < -0.39 is 0 Å². The van der Waals surface area contributed by atoms with E-state index in [0.717, 1.165) is 44.8 Å². The Hall–Kier alpha value is -2.07. The molecular formula is C17H22N4. The second-order valence-corrected chi connectivity index (χ2v) is 5.49. The predicted molar refractivity (Wildman–Crippen MR) is 87.4 cm³/mol. The lowest BCUT2D eigenvalue weighted by Gasteiger charge is -2.36. The van der Waals surface area contributed by atoms with E-state index in [1.807, 2.05) is 24.5 Å². The number of nitrogen functional groups attached to an aromatic ring is 1. The van der Waals surface area contributed by atoms with Crippen molar-refractivity contribution in [2.24, 2.45) is 0 Å². The molecule has 21 heavy (non-hydrogen) atoms. The van der Waals surface area contributed by atoms with E-state index in [4.69, 9.17) is 5.73 Å². The van der Waals surface area contributed by atoms with Gasteiger partial charge in [0.1, 0.15) is 0 Å². The zero-order valence-corrected chi connectivity index (χ0v) is 12.3. The van der Waals surface area contributed by atoms with E-state index in [0.29, 0.717) is 0 Å². The molecule has 2 heterocycles. The number of anilines is 2. The van der Waals surface area contributed by atoms with Crippen molar-refractivity contribution in [1.29, 1.82) is 0 Å². The van der Waals surface area contributed by atoms with Crippen LogP contribution < -0.4 is 10.6 Å². The largest absolute Gasteiger partial charge is 0.397 e. The van der Waals surface area contributed by atoms with E-state index in [1.54, 1.807) is 0 Å². The van der Waals surface area contributed by atoms with Crippen LogP contribution in [0.1, 0.15) is 5.56 Å². The summed E-state index contributed by atoms with van der Waals surface area (Å²) in [4.78, 5) is 8.97. The summed E-state index contributed by atoms with van der Waals surface area (Å²) in [5, 5.41) is 0. The van der Waals surface area contributed by atoms with E-state index in [9.17, 15) is 0 Å². The normalized spacial score (nSPS) is 16.1. The third-order valence-corrected chi connectivity index (χ3v) is 4.12. The second kappa shape index (κ2) is 6.59. The van der Waals surface area contributed by atoms with Crippen molar-refractivity contribution < 1.29 is 0 Å². The Morgan fingerprint density at radius 3 is 2.38 bits per heavy atom. The van der Waals surface area contributed by atoms with Crippen LogP contribution in [0.2, 0.25) is 0 Å². The van der Waals surface area contributed by atoms with Crippen LogP contribution >= 0.6 is 0 Å². The van der Waals surface area contributed by atoms with E-state index in [2.05, 4.69) is 39.0 Å². The fraction of sp³-hybridized carbons (Fsp3) is 0.353. The molecule has 1 aliphatic heterocycles. The van der Waals surface area contributed by atoms with Gasteiger partial charge in [-0.3, -0.25) is 9.88 Å². The minimum absolute atomic E-state index is 0.878. The average Bonchev–Trinajstić information content (AvgIpc) is 2.55. The molecule has 1 aliphatic rings. The summed E-state index contributed by atoms with van der Waals surface area (Å²) in [6.07, 6.45) is 4.83. The van der Waals surface area contributed by atoms with Crippen molar-refractivity contribution in [1.82, 2.24) is 9.88 Å². The monoisotopic (exact) mass is 282 g/mol. The molecule has 0 unspecified atom stereocenters. The fourth-order valence-corrected chi connectivity index (χ4v) is 2.82. The van der Waals surface area contributed by atoms with Crippen LogP contribution in [0.4, 0.5) is 11.4 Å². The number of benzene rings is 1. The van der Waals surface area contributed by atoms with Crippen LogP contribution in [0.3, 0.4) is 0 Å². The molecule has 0 amide bonds. The number of pyridine rings is 1. The van der Waals surface area contributed by atoms with Gasteiger partial charge in [0.25, 0.3) is 0 Å². The number of aromatic nitrogens is 1. The molecular weight excluding hydrogens is 260 g/mol. The van der Waals surface area contributed by atoms with Gasteiger partial charge in [0.2, 0.25) is 0 Å². The number of nitrogens with zero attached hydrogens (tertiary/aromatic N) is 3. The van der Waals surface area contributed by atoms with Crippen LogP contribution in [-0.4, -0.2) is 42.6 Å². The summed E-state index contributed by atoms with van der Waals surface area (Å²) >= 11 is 0. The number of rotatable bonds is 4. The number of hydrogen-bond acceptors (Lipinski definition) is 4. The molecule has 0 aliphatic carbocycles. The summed E-state index contributed by atoms with van der Waals surface area (Å²) in [5.41, 5.74) is 9.47. The first-order valence-electron chi connectivity index (χ1n) is 7.53. The maximum atomic E-state index is 6.06. The molecule has 0 bridgehead atoms. The Morgan fingerprint density at radius 2 is 1.67 bits per heavy atom. The van der Waals surface area contributed by atoms with E-state index in [1.165, 1.54) is 11.3 Å². The summed E-state index contributed by atoms with van der Waals surface area (Å²) in [7, 11) is 0. The molecule has 0 spiro atoms. The highest BCUT2D eigenvalue weighted by Gasteiger charge is 2.18. The first-order valence-corrected chi connectivity index (χ1v) is 7.53. The van der Waals surface area contributed by atoms with Gasteiger partial charge in [-0.05, 0) is 36.2 Å². The molecule has 0 radical (unpaired) electrons. The smallest absolute Gasteiger partial charge is 0.0600 e. The molecule has 2 N–H and O–H groups in total. The quantitative estimate of drug-likeness (QED) is 0.872. The predicted octanol–water partition coefficient (Wildman–Crippen LogP) is 2.03. The van der Waals surface area contributed by atoms with Crippen LogP contribution in [0.25, 0.3) is 0 Å². The van der Waals surface area contributed by atoms with Crippen molar-refractivity contribution in [3.63, 3.8) is 0 Å². The van der Waals surface area contributed by atoms with Gasteiger partial charge in [-0.2, -0.15) is 0 Å². The Labute approximate surface area is 126 Å². The highest BCUT2D eigenvalue weighted by Crippen LogP contribution is 2.23. The van der Waals surface area contributed by atoms with Crippen LogP contribution in [0.15, 0.2) is 48.8 Å². The zero-order chi connectivity index (χ0) is 14.5. The van der Waals surface area contributed by atoms with Gasteiger partial charge in [-0.1, -0.05) is 12.1 Å². The van der Waals surface area contributed by atoms with Gasteiger partial charge < -0.3 is 10.6 Å². The summed E-state index contributed by atoms with van der Waals surface area (Å²) in [5.74, 6) is 0. The maximum absolute atomic E-state index is 6.06. The lowest BCUT2D eigenvalue weighted by Crippen LogP contribution is -2.47. The molecule has 0 saturated carbocycles. The van der Waals surface area contributed by atoms with E-state index >= 15 is 0 Å². The number of para-hydroxylation sites is 2. The lowest BCUT2D eigenvalue weighted by molar-refractivity contribution is 0.261. The number of piperazine rings is 1. The Bertz CT molecular complexity index is 562. The number of nitrogens with two attached hydrogens (primary N) is 1. The molecule has 1 aromatic carbocycles. The third-order valence-electron chi connectivity index (χ3n) is 4.12. The first-order chi connectivity index (χ1) is 10.3. The van der Waals surface area contributed by atoms with Crippen molar-refractivity contribution in [3.8, 4) is 0 Å². The molecule has 1 aromatic heterocycles.